The molecule has 1 aliphatic rings. The quantitative estimate of drug-likeness (QED) is 0.588. The van der Waals surface area contributed by atoms with Gasteiger partial charge in [0, 0.05) is 44.9 Å². The monoisotopic (exact) mass is 409 g/mol. The third-order valence-corrected chi connectivity index (χ3v) is 5.47. The normalized spacial score (nSPS) is 14.5. The second-order valence-electron chi connectivity index (χ2n) is 7.23. The van der Waals surface area contributed by atoms with Gasteiger partial charge >= 0.3 is 5.69 Å². The molecule has 0 aliphatic carbocycles. The summed E-state index contributed by atoms with van der Waals surface area (Å²) in [7, 11) is 9.11. The first kappa shape index (κ1) is 20.3. The first-order chi connectivity index (χ1) is 14.3. The van der Waals surface area contributed by atoms with E-state index in [-0.39, 0.29) is 17.6 Å². The minimum atomic E-state index is -0.539. The lowest BCUT2D eigenvalue weighted by molar-refractivity contribution is 0.122. The minimum absolute atomic E-state index is 0.0485. The predicted octanol–water partition coefficient (Wildman–Crippen LogP) is -0.473. The van der Waals surface area contributed by atoms with Gasteiger partial charge in [-0.05, 0) is 17.7 Å². The van der Waals surface area contributed by atoms with Gasteiger partial charge in [-0.25, -0.2) is 14.2 Å². The van der Waals surface area contributed by atoms with Gasteiger partial charge in [-0.1, -0.05) is 11.5 Å². The van der Waals surface area contributed by atoms with Gasteiger partial charge in [0.05, 0.1) is 18.6 Å². The third-order valence-electron chi connectivity index (χ3n) is 5.47. The van der Waals surface area contributed by atoms with Gasteiger partial charge in [-0.2, -0.15) is 0 Å². The number of halogens is 1. The van der Waals surface area contributed by atoms with Crippen LogP contribution in [0.3, 0.4) is 0 Å². The molecule has 4 rings (SSSR count). The van der Waals surface area contributed by atoms with Crippen molar-refractivity contribution in [3.63, 3.8) is 0 Å². The summed E-state index contributed by atoms with van der Waals surface area (Å²) in [6, 6.07) is 3.97. The number of aromatic nitrogens is 3. The van der Waals surface area contributed by atoms with Crippen LogP contribution in [0.2, 0.25) is 0 Å². The van der Waals surface area contributed by atoms with Crippen LogP contribution in [0, 0.1) is 5.82 Å². The van der Waals surface area contributed by atoms with Crippen LogP contribution in [0.1, 0.15) is 5.56 Å². The molecule has 0 saturated carbocycles. The Morgan fingerprint density at radius 2 is 1.90 bits per heavy atom. The Balaban J connectivity index is 2.22. The van der Waals surface area contributed by atoms with Crippen molar-refractivity contribution in [2.24, 2.45) is 19.8 Å². The predicted molar refractivity (Wildman–Crippen MR) is 114 cm³/mol. The number of benzene rings is 1. The number of ether oxygens (including phenoxy) is 1. The molecule has 2 aromatic heterocycles. The number of fused-ring (bicyclic) bond motifs is 1. The van der Waals surface area contributed by atoms with Gasteiger partial charge in [-0.3, -0.25) is 13.9 Å². The average Bonchev–Trinajstić information content (AvgIpc) is 2.77. The summed E-state index contributed by atoms with van der Waals surface area (Å²) in [5.74, 6) is 0.0388. The molecule has 8 nitrogen and oxygen atoms in total. The van der Waals surface area contributed by atoms with E-state index in [0.29, 0.717) is 54.3 Å². The number of nitrogens with two attached hydrogens (primary N) is 1. The van der Waals surface area contributed by atoms with Crippen LogP contribution in [-0.4, -0.2) is 48.3 Å². The van der Waals surface area contributed by atoms with Gasteiger partial charge in [0.1, 0.15) is 19.5 Å². The molecular formula is C20H21BFN5O3. The van der Waals surface area contributed by atoms with Crippen molar-refractivity contribution >= 4 is 30.2 Å². The molecular weight excluding hydrogens is 388 g/mol. The van der Waals surface area contributed by atoms with Crippen molar-refractivity contribution < 1.29 is 9.13 Å². The molecule has 0 bridgehead atoms. The highest BCUT2D eigenvalue weighted by Crippen LogP contribution is 2.34. The van der Waals surface area contributed by atoms with Crippen molar-refractivity contribution in [3.8, 4) is 11.1 Å². The van der Waals surface area contributed by atoms with Crippen LogP contribution in [0.15, 0.2) is 27.8 Å². The lowest BCUT2D eigenvalue weighted by Crippen LogP contribution is -2.40. The average molecular weight is 409 g/mol. The van der Waals surface area contributed by atoms with Crippen LogP contribution in [-0.2, 0) is 25.4 Å². The summed E-state index contributed by atoms with van der Waals surface area (Å²) in [5, 5.41) is 0.175. The number of rotatable bonds is 3. The molecule has 1 aromatic carbocycles. The van der Waals surface area contributed by atoms with Crippen LogP contribution in [0.4, 0.5) is 10.2 Å². The zero-order valence-electron chi connectivity index (χ0n) is 16.8. The van der Waals surface area contributed by atoms with Crippen LogP contribution in [0.25, 0.3) is 22.2 Å². The fourth-order valence-corrected chi connectivity index (χ4v) is 3.89. The van der Waals surface area contributed by atoms with Crippen molar-refractivity contribution in [3.05, 3.63) is 50.4 Å². The van der Waals surface area contributed by atoms with Gasteiger partial charge in [0.15, 0.2) is 5.65 Å². The zero-order chi connectivity index (χ0) is 21.6. The SMILES string of the molecule is [B]c1ccc(F)cc1-c1c(CN)c(N2CCOCC2)nc2c1c(=O)n(C)c(=O)n2C. The Hall–Kier alpha value is -2.98. The molecule has 10 heteroatoms. The molecule has 0 unspecified atom stereocenters. The number of nitrogens with zero attached hydrogens (tertiary/aromatic N) is 4. The molecule has 3 aromatic rings. The van der Waals surface area contributed by atoms with E-state index in [9.17, 15) is 14.0 Å². The van der Waals surface area contributed by atoms with E-state index in [2.05, 4.69) is 4.98 Å². The number of hydrogen-bond donors (Lipinski definition) is 1. The van der Waals surface area contributed by atoms with E-state index in [1.54, 1.807) is 7.05 Å². The fourth-order valence-electron chi connectivity index (χ4n) is 3.89. The van der Waals surface area contributed by atoms with Gasteiger partial charge in [-0.15, -0.1) is 0 Å². The topological polar surface area (TPSA) is 95.4 Å². The van der Waals surface area contributed by atoms with E-state index >= 15 is 0 Å². The molecule has 2 N–H and O–H groups in total. The van der Waals surface area contributed by atoms with Gasteiger partial charge < -0.3 is 15.4 Å². The smallest absolute Gasteiger partial charge is 0.332 e. The van der Waals surface area contributed by atoms with E-state index in [0.717, 1.165) is 4.57 Å². The van der Waals surface area contributed by atoms with Crippen LogP contribution >= 0.6 is 0 Å². The molecule has 2 radical (unpaired) electrons. The van der Waals surface area contributed by atoms with Gasteiger partial charge in [0.2, 0.25) is 0 Å². The van der Waals surface area contributed by atoms with Crippen molar-refractivity contribution in [2.75, 3.05) is 31.2 Å². The van der Waals surface area contributed by atoms with Gasteiger partial charge in [0.25, 0.3) is 5.56 Å². The Morgan fingerprint density at radius 1 is 1.20 bits per heavy atom. The van der Waals surface area contributed by atoms with E-state index in [4.69, 9.17) is 18.3 Å². The molecule has 30 heavy (non-hydrogen) atoms. The second-order valence-corrected chi connectivity index (χ2v) is 7.23. The standard InChI is InChI=1S/C20H21BFN5O3/c1-25-18-16(19(28)26(2)20(25)29)15(12-9-11(22)3-4-14(12)21)13(10-23)17(24-18)27-5-7-30-8-6-27/h3-4,9H,5-8,10,23H2,1-2H3. The maximum atomic E-state index is 14.2. The minimum Gasteiger partial charge on any atom is -0.378 e. The Kier molecular flexibility index (Phi) is 5.21. The number of pyridine rings is 1. The van der Waals surface area contributed by atoms with Crippen LogP contribution < -0.4 is 27.3 Å². The Labute approximate surface area is 173 Å². The summed E-state index contributed by atoms with van der Waals surface area (Å²) in [4.78, 5) is 32.4. The lowest BCUT2D eigenvalue weighted by atomic mass is 9.84. The van der Waals surface area contributed by atoms with E-state index in [1.807, 2.05) is 4.90 Å². The maximum Gasteiger partial charge on any atom is 0.332 e. The zero-order valence-corrected chi connectivity index (χ0v) is 16.8. The molecule has 1 saturated heterocycles. The largest absolute Gasteiger partial charge is 0.378 e. The molecule has 1 aliphatic heterocycles. The van der Waals surface area contributed by atoms with E-state index in [1.165, 1.54) is 29.8 Å². The molecule has 0 amide bonds. The molecule has 1 fully saturated rings. The summed E-state index contributed by atoms with van der Waals surface area (Å²) in [6.07, 6.45) is 0. The summed E-state index contributed by atoms with van der Waals surface area (Å²) >= 11 is 0. The number of morpholine rings is 1. The molecule has 0 spiro atoms. The molecule has 3 heterocycles. The number of anilines is 1. The first-order valence-electron chi connectivity index (χ1n) is 9.56. The van der Waals surface area contributed by atoms with Crippen LogP contribution in [0.5, 0.6) is 0 Å². The van der Waals surface area contributed by atoms with Crippen molar-refractivity contribution in [1.82, 2.24) is 14.1 Å². The fraction of sp³-hybridized carbons (Fsp3) is 0.350. The highest BCUT2D eigenvalue weighted by atomic mass is 19.1. The van der Waals surface area contributed by atoms with Crippen molar-refractivity contribution in [2.45, 2.75) is 6.54 Å². The Bertz CT molecular complexity index is 1260. The third kappa shape index (κ3) is 3.12. The summed E-state index contributed by atoms with van der Waals surface area (Å²) in [5.41, 5.74) is 6.87. The Morgan fingerprint density at radius 3 is 2.57 bits per heavy atom. The first-order valence-corrected chi connectivity index (χ1v) is 9.56. The van der Waals surface area contributed by atoms with E-state index < -0.39 is 17.1 Å². The van der Waals surface area contributed by atoms with Crippen molar-refractivity contribution in [1.29, 1.82) is 0 Å². The lowest BCUT2D eigenvalue weighted by Gasteiger charge is -2.31. The highest BCUT2D eigenvalue weighted by Gasteiger charge is 2.26. The highest BCUT2D eigenvalue weighted by molar-refractivity contribution is 6.36. The number of hydrogen-bond acceptors (Lipinski definition) is 6. The number of aryl methyl sites for hydroxylation is 1. The summed E-state index contributed by atoms with van der Waals surface area (Å²) < 4.78 is 21.9. The maximum absolute atomic E-state index is 14.2. The summed E-state index contributed by atoms with van der Waals surface area (Å²) in [6.45, 7) is 2.21. The second kappa shape index (κ2) is 7.69. The molecule has 0 atom stereocenters. The molecule has 154 valence electrons.